The Bertz CT molecular complexity index is 625. The van der Waals surface area contributed by atoms with Gasteiger partial charge in [0.2, 0.25) is 5.91 Å². The van der Waals surface area contributed by atoms with Crippen LogP contribution in [-0.2, 0) is 17.9 Å². The van der Waals surface area contributed by atoms with Crippen LogP contribution < -0.4 is 15.8 Å². The number of nitrogens with one attached hydrogen (secondary N) is 1. The zero-order valence-corrected chi connectivity index (χ0v) is 12.0. The summed E-state index contributed by atoms with van der Waals surface area (Å²) in [5, 5.41) is 10.6. The summed E-state index contributed by atoms with van der Waals surface area (Å²) in [5.74, 6) is 0.530. The molecule has 0 bridgehead atoms. The van der Waals surface area contributed by atoms with Crippen LogP contribution in [0.15, 0.2) is 18.3 Å². The number of aryl methyl sites for hydroxylation is 1. The number of pyridine rings is 1. The quantitative estimate of drug-likeness (QED) is 0.750. The lowest BCUT2D eigenvalue weighted by molar-refractivity contribution is -0.119. The van der Waals surface area contributed by atoms with Gasteiger partial charge < -0.3 is 15.8 Å². The van der Waals surface area contributed by atoms with Gasteiger partial charge in [0.25, 0.3) is 0 Å². The van der Waals surface area contributed by atoms with Crippen molar-refractivity contribution in [1.82, 2.24) is 25.3 Å². The standard InChI is InChI=1S/C13H18N6O2/c1-9-3-12(21-2)4-10(16-9)7-19-8-11(17-18-19)6-15-13(20)5-14/h3-4,8H,5-7,14H2,1-2H3,(H,15,20). The molecule has 0 spiro atoms. The molecule has 2 aromatic rings. The molecule has 0 aliphatic rings. The largest absolute Gasteiger partial charge is 0.497 e. The molecule has 2 heterocycles. The second-order valence-electron chi connectivity index (χ2n) is 4.53. The number of hydrogen-bond acceptors (Lipinski definition) is 6. The summed E-state index contributed by atoms with van der Waals surface area (Å²) in [6, 6.07) is 3.71. The topological polar surface area (TPSA) is 108 Å². The maximum atomic E-state index is 11.1. The first-order valence-corrected chi connectivity index (χ1v) is 6.48. The molecular formula is C13H18N6O2. The fraction of sp³-hybridized carbons (Fsp3) is 0.385. The molecule has 0 saturated carbocycles. The number of carbonyl (C=O) groups excluding carboxylic acids is 1. The normalized spacial score (nSPS) is 10.4. The Morgan fingerprint density at radius 3 is 2.95 bits per heavy atom. The van der Waals surface area contributed by atoms with E-state index >= 15 is 0 Å². The zero-order valence-electron chi connectivity index (χ0n) is 12.0. The van der Waals surface area contributed by atoms with Crippen LogP contribution in [0.1, 0.15) is 17.1 Å². The number of aromatic nitrogens is 4. The molecule has 0 unspecified atom stereocenters. The molecule has 0 radical (unpaired) electrons. The van der Waals surface area contributed by atoms with Gasteiger partial charge in [-0.05, 0) is 6.92 Å². The van der Waals surface area contributed by atoms with Crippen LogP contribution in [0.25, 0.3) is 0 Å². The molecule has 21 heavy (non-hydrogen) atoms. The van der Waals surface area contributed by atoms with Gasteiger partial charge in [0.05, 0.1) is 38.6 Å². The zero-order chi connectivity index (χ0) is 15.2. The Balaban J connectivity index is 2.02. The lowest BCUT2D eigenvalue weighted by Crippen LogP contribution is -2.29. The fourth-order valence-corrected chi connectivity index (χ4v) is 1.83. The highest BCUT2D eigenvalue weighted by molar-refractivity contribution is 5.77. The van der Waals surface area contributed by atoms with Crippen molar-refractivity contribution in [3.63, 3.8) is 0 Å². The molecule has 0 aliphatic heterocycles. The van der Waals surface area contributed by atoms with Gasteiger partial charge in [-0.1, -0.05) is 5.21 Å². The van der Waals surface area contributed by atoms with Crippen LogP contribution in [0, 0.1) is 6.92 Å². The van der Waals surface area contributed by atoms with E-state index in [1.807, 2.05) is 19.1 Å². The van der Waals surface area contributed by atoms with Gasteiger partial charge >= 0.3 is 0 Å². The maximum absolute atomic E-state index is 11.1. The summed E-state index contributed by atoms with van der Waals surface area (Å²) in [5.41, 5.74) is 7.58. The molecule has 112 valence electrons. The number of nitrogens with two attached hydrogens (primary N) is 1. The number of methoxy groups -OCH3 is 1. The van der Waals surface area contributed by atoms with E-state index in [-0.39, 0.29) is 12.5 Å². The van der Waals surface area contributed by atoms with E-state index in [1.165, 1.54) is 0 Å². The van der Waals surface area contributed by atoms with Gasteiger partial charge in [-0.15, -0.1) is 5.10 Å². The van der Waals surface area contributed by atoms with Crippen molar-refractivity contribution in [3.05, 3.63) is 35.4 Å². The third-order valence-electron chi connectivity index (χ3n) is 2.78. The van der Waals surface area contributed by atoms with Gasteiger partial charge in [0, 0.05) is 17.8 Å². The average molecular weight is 290 g/mol. The van der Waals surface area contributed by atoms with E-state index in [0.717, 1.165) is 17.1 Å². The third kappa shape index (κ3) is 4.25. The molecule has 8 heteroatoms. The molecule has 3 N–H and O–H groups in total. The summed E-state index contributed by atoms with van der Waals surface area (Å²) in [6.45, 7) is 2.65. The highest BCUT2D eigenvalue weighted by Gasteiger charge is 2.06. The lowest BCUT2D eigenvalue weighted by atomic mass is 10.3. The average Bonchev–Trinajstić information content (AvgIpc) is 2.91. The molecule has 0 aliphatic carbocycles. The van der Waals surface area contributed by atoms with E-state index in [2.05, 4.69) is 20.6 Å². The number of ether oxygens (including phenoxy) is 1. The molecule has 2 aromatic heterocycles. The first-order valence-electron chi connectivity index (χ1n) is 6.48. The minimum Gasteiger partial charge on any atom is -0.497 e. The monoisotopic (exact) mass is 290 g/mol. The third-order valence-corrected chi connectivity index (χ3v) is 2.78. The Labute approximate surface area is 122 Å². The molecule has 2 rings (SSSR count). The fourth-order valence-electron chi connectivity index (χ4n) is 1.83. The van der Waals surface area contributed by atoms with Crippen LogP contribution in [0.5, 0.6) is 5.75 Å². The predicted molar refractivity (Wildman–Crippen MR) is 75.6 cm³/mol. The lowest BCUT2D eigenvalue weighted by Gasteiger charge is -2.05. The molecule has 0 fully saturated rings. The van der Waals surface area contributed by atoms with Gasteiger partial charge in [-0.25, -0.2) is 4.68 Å². The minimum atomic E-state index is -0.227. The second kappa shape index (κ2) is 6.80. The smallest absolute Gasteiger partial charge is 0.234 e. The minimum absolute atomic E-state index is 0.0405. The van der Waals surface area contributed by atoms with Crippen LogP contribution in [0.3, 0.4) is 0 Å². The van der Waals surface area contributed by atoms with Gasteiger partial charge in [-0.3, -0.25) is 9.78 Å². The Morgan fingerprint density at radius 2 is 2.24 bits per heavy atom. The number of amides is 1. The van der Waals surface area contributed by atoms with Crippen molar-refractivity contribution in [2.24, 2.45) is 5.73 Å². The molecular weight excluding hydrogens is 272 g/mol. The Morgan fingerprint density at radius 1 is 1.43 bits per heavy atom. The van der Waals surface area contributed by atoms with E-state index in [4.69, 9.17) is 10.5 Å². The van der Waals surface area contributed by atoms with E-state index < -0.39 is 0 Å². The molecule has 1 amide bonds. The van der Waals surface area contributed by atoms with Crippen LogP contribution in [0.2, 0.25) is 0 Å². The number of nitrogens with zero attached hydrogens (tertiary/aromatic N) is 4. The van der Waals surface area contributed by atoms with E-state index in [1.54, 1.807) is 18.0 Å². The van der Waals surface area contributed by atoms with E-state index in [0.29, 0.717) is 18.8 Å². The van der Waals surface area contributed by atoms with Crippen LogP contribution in [0.4, 0.5) is 0 Å². The molecule has 0 saturated heterocycles. The second-order valence-corrected chi connectivity index (χ2v) is 4.53. The highest BCUT2D eigenvalue weighted by atomic mass is 16.5. The summed E-state index contributed by atoms with van der Waals surface area (Å²) in [6.07, 6.45) is 1.76. The molecule has 0 aromatic carbocycles. The molecule has 8 nitrogen and oxygen atoms in total. The van der Waals surface area contributed by atoms with Gasteiger partial charge in [0.15, 0.2) is 0 Å². The van der Waals surface area contributed by atoms with Crippen molar-refractivity contribution < 1.29 is 9.53 Å². The summed E-state index contributed by atoms with van der Waals surface area (Å²) in [4.78, 5) is 15.5. The summed E-state index contributed by atoms with van der Waals surface area (Å²) >= 11 is 0. The number of carbonyl (C=O) groups is 1. The van der Waals surface area contributed by atoms with Crippen LogP contribution >= 0.6 is 0 Å². The Hall–Kier alpha value is -2.48. The van der Waals surface area contributed by atoms with Crippen molar-refractivity contribution in [2.45, 2.75) is 20.0 Å². The first-order chi connectivity index (χ1) is 10.1. The van der Waals surface area contributed by atoms with Crippen molar-refractivity contribution >= 4 is 5.91 Å². The SMILES string of the molecule is COc1cc(C)nc(Cn2cc(CNC(=O)CN)nn2)c1. The maximum Gasteiger partial charge on any atom is 0.234 e. The van der Waals surface area contributed by atoms with Crippen LogP contribution in [-0.4, -0.2) is 39.5 Å². The van der Waals surface area contributed by atoms with Crippen molar-refractivity contribution in [1.29, 1.82) is 0 Å². The van der Waals surface area contributed by atoms with E-state index in [9.17, 15) is 4.79 Å². The highest BCUT2D eigenvalue weighted by Crippen LogP contribution is 2.13. The summed E-state index contributed by atoms with van der Waals surface area (Å²) < 4.78 is 6.87. The summed E-state index contributed by atoms with van der Waals surface area (Å²) in [7, 11) is 1.62. The predicted octanol–water partition coefficient (Wildman–Crippen LogP) is -0.387. The molecule has 0 atom stereocenters. The number of hydrogen-bond donors (Lipinski definition) is 2. The van der Waals surface area contributed by atoms with Gasteiger partial charge in [-0.2, -0.15) is 0 Å². The Kier molecular flexibility index (Phi) is 4.83. The first kappa shape index (κ1) is 14.9. The van der Waals surface area contributed by atoms with Gasteiger partial charge in [0.1, 0.15) is 11.4 Å². The van der Waals surface area contributed by atoms with Crippen molar-refractivity contribution in [2.75, 3.05) is 13.7 Å². The number of rotatable bonds is 6. The van der Waals surface area contributed by atoms with Crippen molar-refractivity contribution in [3.8, 4) is 5.75 Å².